The Balaban J connectivity index is 0.00000243. The third kappa shape index (κ3) is 5.72. The average Bonchev–Trinajstić information content (AvgIpc) is 3.03. The van der Waals surface area contributed by atoms with Crippen LogP contribution in [0.5, 0.6) is 0 Å². The second kappa shape index (κ2) is 10.3. The number of nitrogens with one attached hydrogen (secondary N) is 1. The van der Waals surface area contributed by atoms with E-state index >= 15 is 0 Å². The Labute approximate surface area is 177 Å². The standard InChI is InChI=1S/C18H26ClN5O.HI/c1-20-18(23(2)8-5-14-6-9-25-10-7-14)21-11-16-13-24-12-15(19)3-4-17(24)22-16;/h3-4,12-14H,5-11H2,1-2H3,(H,20,21);1H. The lowest BCUT2D eigenvalue weighted by molar-refractivity contribution is 0.0625. The van der Waals surface area contributed by atoms with Crippen molar-refractivity contribution in [3.8, 4) is 0 Å². The monoisotopic (exact) mass is 491 g/mol. The van der Waals surface area contributed by atoms with Crippen molar-refractivity contribution in [2.24, 2.45) is 10.9 Å². The predicted octanol–water partition coefficient (Wildman–Crippen LogP) is 3.43. The van der Waals surface area contributed by atoms with Crippen LogP contribution in [-0.2, 0) is 11.3 Å². The predicted molar refractivity (Wildman–Crippen MR) is 117 cm³/mol. The number of pyridine rings is 1. The van der Waals surface area contributed by atoms with Crippen molar-refractivity contribution < 1.29 is 4.74 Å². The summed E-state index contributed by atoms with van der Waals surface area (Å²) in [6, 6.07) is 3.77. The molecule has 1 N–H and O–H groups in total. The molecule has 0 radical (unpaired) electrons. The summed E-state index contributed by atoms with van der Waals surface area (Å²) in [4.78, 5) is 11.2. The topological polar surface area (TPSA) is 54.2 Å². The van der Waals surface area contributed by atoms with Crippen LogP contribution in [0.1, 0.15) is 25.0 Å². The van der Waals surface area contributed by atoms with Crippen LogP contribution in [0, 0.1) is 5.92 Å². The lowest BCUT2D eigenvalue weighted by Crippen LogP contribution is -2.39. The second-order valence-corrected chi connectivity index (χ2v) is 6.95. The summed E-state index contributed by atoms with van der Waals surface area (Å²) in [5.41, 5.74) is 1.85. The van der Waals surface area contributed by atoms with Crippen molar-refractivity contribution in [1.82, 2.24) is 19.6 Å². The van der Waals surface area contributed by atoms with Gasteiger partial charge in [-0.05, 0) is 37.3 Å². The highest BCUT2D eigenvalue weighted by molar-refractivity contribution is 14.0. The van der Waals surface area contributed by atoms with E-state index < -0.39 is 0 Å². The lowest BCUT2D eigenvalue weighted by atomic mass is 9.96. The molecule has 144 valence electrons. The van der Waals surface area contributed by atoms with Crippen molar-refractivity contribution in [2.45, 2.75) is 25.8 Å². The Morgan fingerprint density at radius 3 is 2.88 bits per heavy atom. The molecule has 0 aromatic carbocycles. The zero-order chi connectivity index (χ0) is 17.6. The molecule has 1 fully saturated rings. The van der Waals surface area contributed by atoms with Gasteiger partial charge in [-0.3, -0.25) is 4.99 Å². The molecule has 0 unspecified atom stereocenters. The molecule has 8 heteroatoms. The minimum atomic E-state index is 0. The average molecular weight is 492 g/mol. The lowest BCUT2D eigenvalue weighted by Gasteiger charge is -2.26. The summed E-state index contributed by atoms with van der Waals surface area (Å²) in [6.07, 6.45) is 7.37. The quantitative estimate of drug-likeness (QED) is 0.396. The van der Waals surface area contributed by atoms with E-state index in [1.54, 1.807) is 0 Å². The van der Waals surface area contributed by atoms with Gasteiger partial charge in [0.15, 0.2) is 5.96 Å². The van der Waals surface area contributed by atoms with Gasteiger partial charge >= 0.3 is 0 Å². The summed E-state index contributed by atoms with van der Waals surface area (Å²) in [6.45, 7) is 3.43. The van der Waals surface area contributed by atoms with Gasteiger partial charge in [0.1, 0.15) is 5.65 Å². The van der Waals surface area contributed by atoms with Crippen LogP contribution in [-0.4, -0.2) is 54.1 Å². The van der Waals surface area contributed by atoms with Crippen LogP contribution in [0.15, 0.2) is 29.5 Å². The van der Waals surface area contributed by atoms with Gasteiger partial charge in [-0.25, -0.2) is 4.98 Å². The number of aromatic nitrogens is 2. The zero-order valence-corrected chi connectivity index (χ0v) is 18.4. The fraction of sp³-hybridized carbons (Fsp3) is 0.556. The van der Waals surface area contributed by atoms with Crippen LogP contribution in [0.4, 0.5) is 0 Å². The van der Waals surface area contributed by atoms with Gasteiger partial charge in [0.2, 0.25) is 0 Å². The maximum Gasteiger partial charge on any atom is 0.193 e. The van der Waals surface area contributed by atoms with E-state index in [1.807, 2.05) is 36.0 Å². The van der Waals surface area contributed by atoms with Crippen LogP contribution >= 0.6 is 35.6 Å². The fourth-order valence-electron chi connectivity index (χ4n) is 3.17. The molecule has 0 aliphatic carbocycles. The number of hydrogen-bond donors (Lipinski definition) is 1. The number of aliphatic imine (C=N–C) groups is 1. The number of hydrogen-bond acceptors (Lipinski definition) is 3. The first-order chi connectivity index (χ1) is 12.2. The van der Waals surface area contributed by atoms with Gasteiger partial charge < -0.3 is 19.4 Å². The maximum atomic E-state index is 6.02. The molecule has 6 nitrogen and oxygen atoms in total. The van der Waals surface area contributed by atoms with Crippen molar-refractivity contribution in [3.05, 3.63) is 35.2 Å². The number of rotatable bonds is 5. The normalized spacial score (nSPS) is 15.7. The molecule has 0 amide bonds. The first-order valence-corrected chi connectivity index (χ1v) is 9.16. The summed E-state index contributed by atoms with van der Waals surface area (Å²) >= 11 is 6.02. The third-order valence-corrected chi connectivity index (χ3v) is 4.90. The Morgan fingerprint density at radius 2 is 2.15 bits per heavy atom. The fourth-order valence-corrected chi connectivity index (χ4v) is 3.34. The van der Waals surface area contributed by atoms with E-state index in [1.165, 1.54) is 19.3 Å². The van der Waals surface area contributed by atoms with Crippen molar-refractivity contribution in [1.29, 1.82) is 0 Å². The van der Waals surface area contributed by atoms with Gasteiger partial charge in [-0.15, -0.1) is 24.0 Å². The molecule has 3 rings (SSSR count). The first kappa shape index (κ1) is 21.2. The molecule has 2 aromatic heterocycles. The highest BCUT2D eigenvalue weighted by atomic mass is 127. The zero-order valence-electron chi connectivity index (χ0n) is 15.3. The molecule has 0 atom stereocenters. The van der Waals surface area contributed by atoms with Crippen molar-refractivity contribution in [3.63, 3.8) is 0 Å². The van der Waals surface area contributed by atoms with Crippen molar-refractivity contribution in [2.75, 3.05) is 33.9 Å². The van der Waals surface area contributed by atoms with Crippen LogP contribution in [0.25, 0.3) is 5.65 Å². The molecule has 26 heavy (non-hydrogen) atoms. The summed E-state index contributed by atoms with van der Waals surface area (Å²) in [5, 5.41) is 4.09. The SMILES string of the molecule is CN=C(NCc1cn2cc(Cl)ccc2n1)N(C)CCC1CCOCC1.I. The molecular formula is C18H27ClIN5O. The van der Waals surface area contributed by atoms with E-state index in [-0.39, 0.29) is 24.0 Å². The van der Waals surface area contributed by atoms with Crippen molar-refractivity contribution >= 4 is 47.2 Å². The molecular weight excluding hydrogens is 465 g/mol. The summed E-state index contributed by atoms with van der Waals surface area (Å²) in [7, 11) is 3.90. The van der Waals surface area contributed by atoms with E-state index in [0.717, 1.165) is 43.0 Å². The van der Waals surface area contributed by atoms with Crippen LogP contribution in [0.2, 0.25) is 5.02 Å². The molecule has 1 aliphatic rings. The third-order valence-electron chi connectivity index (χ3n) is 4.68. The molecule has 0 bridgehead atoms. The Bertz CT molecular complexity index is 729. The Hall–Kier alpha value is -1.06. The minimum Gasteiger partial charge on any atom is -0.381 e. The van der Waals surface area contributed by atoms with Crippen LogP contribution < -0.4 is 5.32 Å². The number of halogens is 2. The van der Waals surface area contributed by atoms with E-state index in [9.17, 15) is 0 Å². The molecule has 2 aromatic rings. The van der Waals surface area contributed by atoms with Gasteiger partial charge in [-0.1, -0.05) is 11.6 Å². The van der Waals surface area contributed by atoms with E-state index in [2.05, 4.69) is 27.2 Å². The highest BCUT2D eigenvalue weighted by Crippen LogP contribution is 2.18. The van der Waals surface area contributed by atoms with E-state index in [0.29, 0.717) is 11.6 Å². The first-order valence-electron chi connectivity index (χ1n) is 8.78. The van der Waals surface area contributed by atoms with Gasteiger partial charge in [0, 0.05) is 46.2 Å². The maximum absolute atomic E-state index is 6.02. The number of fused-ring (bicyclic) bond motifs is 1. The smallest absolute Gasteiger partial charge is 0.193 e. The summed E-state index contributed by atoms with van der Waals surface area (Å²) in [5.74, 6) is 1.65. The summed E-state index contributed by atoms with van der Waals surface area (Å²) < 4.78 is 7.37. The highest BCUT2D eigenvalue weighted by Gasteiger charge is 2.15. The van der Waals surface area contributed by atoms with Gasteiger partial charge in [-0.2, -0.15) is 0 Å². The number of guanidine groups is 1. The molecule has 1 aliphatic heterocycles. The minimum absolute atomic E-state index is 0. The Kier molecular flexibility index (Phi) is 8.43. The van der Waals surface area contributed by atoms with Gasteiger partial charge in [0.25, 0.3) is 0 Å². The number of ether oxygens (including phenoxy) is 1. The number of nitrogens with zero attached hydrogens (tertiary/aromatic N) is 4. The second-order valence-electron chi connectivity index (χ2n) is 6.51. The van der Waals surface area contributed by atoms with Gasteiger partial charge in [0.05, 0.1) is 17.3 Å². The van der Waals surface area contributed by atoms with Crippen LogP contribution in [0.3, 0.4) is 0 Å². The Morgan fingerprint density at radius 1 is 1.38 bits per heavy atom. The molecule has 3 heterocycles. The molecule has 0 spiro atoms. The molecule has 1 saturated heterocycles. The molecule has 0 saturated carbocycles. The number of imidazole rings is 1. The van der Waals surface area contributed by atoms with E-state index in [4.69, 9.17) is 16.3 Å². The largest absolute Gasteiger partial charge is 0.381 e.